The highest BCUT2D eigenvalue weighted by atomic mass is 19.1. The van der Waals surface area contributed by atoms with Gasteiger partial charge in [0.1, 0.15) is 11.3 Å². The van der Waals surface area contributed by atoms with E-state index in [1.807, 2.05) is 0 Å². The summed E-state index contributed by atoms with van der Waals surface area (Å²) < 4.78 is 19.4. The molecular weight excluding hydrogens is 351 g/mol. The first kappa shape index (κ1) is 18.1. The monoisotopic (exact) mass is 366 g/mol. The van der Waals surface area contributed by atoms with Gasteiger partial charge in [-0.25, -0.2) is 4.39 Å². The van der Waals surface area contributed by atoms with Gasteiger partial charge >= 0.3 is 0 Å². The highest BCUT2D eigenvalue weighted by molar-refractivity contribution is 5.98. The minimum atomic E-state index is -0.607. The molecule has 7 heteroatoms. The van der Waals surface area contributed by atoms with Crippen molar-refractivity contribution in [3.8, 4) is 11.5 Å². The number of carbonyl (C=O) groups excluding carboxylic acids is 1. The molecule has 0 radical (unpaired) electrons. The van der Waals surface area contributed by atoms with Crippen molar-refractivity contribution in [3.63, 3.8) is 0 Å². The van der Waals surface area contributed by atoms with Gasteiger partial charge in [0.25, 0.3) is 11.6 Å². The van der Waals surface area contributed by atoms with Gasteiger partial charge in [0.2, 0.25) is 0 Å². The SMILES string of the molecule is O=C(NCc1ccccc1Oc1ccccc1F)c1ccccc1[N+](=O)[O-]. The first-order chi connectivity index (χ1) is 13.1. The number of hydrogen-bond donors (Lipinski definition) is 1. The van der Waals surface area contributed by atoms with E-state index in [1.54, 1.807) is 42.5 Å². The van der Waals surface area contributed by atoms with Crippen LogP contribution in [0.25, 0.3) is 0 Å². The number of halogens is 1. The van der Waals surface area contributed by atoms with Crippen LogP contribution in [0.15, 0.2) is 72.8 Å². The Morgan fingerprint density at radius 2 is 1.59 bits per heavy atom. The normalized spacial score (nSPS) is 10.3. The molecule has 0 bridgehead atoms. The van der Waals surface area contributed by atoms with Crippen molar-refractivity contribution in [1.29, 1.82) is 0 Å². The number of amides is 1. The number of nitro benzene ring substituents is 1. The number of rotatable bonds is 6. The maximum atomic E-state index is 13.8. The lowest BCUT2D eigenvalue weighted by atomic mass is 10.1. The molecule has 3 rings (SSSR count). The number of nitrogens with one attached hydrogen (secondary N) is 1. The largest absolute Gasteiger partial charge is 0.454 e. The average molecular weight is 366 g/mol. The fraction of sp³-hybridized carbons (Fsp3) is 0.0500. The lowest BCUT2D eigenvalue weighted by Crippen LogP contribution is -2.23. The molecule has 0 aliphatic heterocycles. The van der Waals surface area contributed by atoms with Gasteiger partial charge in [0.15, 0.2) is 11.6 Å². The molecule has 27 heavy (non-hydrogen) atoms. The predicted molar refractivity (Wildman–Crippen MR) is 97.2 cm³/mol. The zero-order valence-electron chi connectivity index (χ0n) is 14.1. The Kier molecular flexibility index (Phi) is 5.41. The van der Waals surface area contributed by atoms with Crippen LogP contribution in [0.2, 0.25) is 0 Å². The fourth-order valence-corrected chi connectivity index (χ4v) is 2.49. The van der Waals surface area contributed by atoms with Crippen molar-refractivity contribution in [2.24, 2.45) is 0 Å². The van der Waals surface area contributed by atoms with Crippen LogP contribution in [0.1, 0.15) is 15.9 Å². The number of ether oxygens (including phenoxy) is 1. The summed E-state index contributed by atoms with van der Waals surface area (Å²) in [5, 5.41) is 13.7. The van der Waals surface area contributed by atoms with Gasteiger partial charge in [-0.1, -0.05) is 42.5 Å². The zero-order valence-corrected chi connectivity index (χ0v) is 14.1. The molecular formula is C20H15FN2O4. The first-order valence-corrected chi connectivity index (χ1v) is 8.08. The molecule has 0 saturated carbocycles. The van der Waals surface area contributed by atoms with Gasteiger partial charge in [-0.05, 0) is 24.3 Å². The number of hydrogen-bond acceptors (Lipinski definition) is 4. The number of benzene rings is 3. The Hall–Kier alpha value is -3.74. The van der Waals surface area contributed by atoms with Crippen LogP contribution in [-0.2, 0) is 6.54 Å². The van der Waals surface area contributed by atoms with E-state index in [2.05, 4.69) is 5.32 Å². The molecule has 6 nitrogen and oxygen atoms in total. The second kappa shape index (κ2) is 8.09. The number of nitro groups is 1. The maximum Gasteiger partial charge on any atom is 0.282 e. The van der Waals surface area contributed by atoms with Crippen LogP contribution in [0.3, 0.4) is 0 Å². The first-order valence-electron chi connectivity index (χ1n) is 8.08. The predicted octanol–water partition coefficient (Wildman–Crippen LogP) is 4.46. The van der Waals surface area contributed by atoms with E-state index in [1.165, 1.54) is 30.3 Å². The van der Waals surface area contributed by atoms with Crippen LogP contribution < -0.4 is 10.1 Å². The molecule has 1 N–H and O–H groups in total. The molecule has 0 aromatic heterocycles. The van der Waals surface area contributed by atoms with Gasteiger partial charge in [-0.2, -0.15) is 0 Å². The van der Waals surface area contributed by atoms with Crippen LogP contribution in [0, 0.1) is 15.9 Å². The molecule has 0 unspecified atom stereocenters. The van der Waals surface area contributed by atoms with Crippen LogP contribution in [-0.4, -0.2) is 10.8 Å². The smallest absolute Gasteiger partial charge is 0.282 e. The second-order valence-electron chi connectivity index (χ2n) is 5.60. The topological polar surface area (TPSA) is 81.5 Å². The third-order valence-corrected chi connectivity index (χ3v) is 3.81. The van der Waals surface area contributed by atoms with Crippen LogP contribution in [0.4, 0.5) is 10.1 Å². The minimum Gasteiger partial charge on any atom is -0.454 e. The van der Waals surface area contributed by atoms with E-state index in [0.29, 0.717) is 11.3 Å². The molecule has 0 heterocycles. The standard InChI is InChI=1S/C20H15FN2O4/c21-16-9-3-6-12-19(16)27-18-11-5-1-7-14(18)13-22-20(24)15-8-2-4-10-17(15)23(25)26/h1-12H,13H2,(H,22,24). The number of carbonyl (C=O) groups is 1. The van der Waals surface area contributed by atoms with Crippen molar-refractivity contribution < 1.29 is 18.8 Å². The van der Waals surface area contributed by atoms with Crippen molar-refractivity contribution in [3.05, 3.63) is 99.9 Å². The van der Waals surface area contributed by atoms with Crippen molar-refractivity contribution in [2.45, 2.75) is 6.54 Å². The molecule has 0 aliphatic rings. The van der Waals surface area contributed by atoms with Gasteiger partial charge < -0.3 is 10.1 Å². The Bertz CT molecular complexity index is 991. The Morgan fingerprint density at radius 3 is 2.33 bits per heavy atom. The Balaban J connectivity index is 1.77. The van der Waals surface area contributed by atoms with E-state index in [-0.39, 0.29) is 23.5 Å². The molecule has 0 atom stereocenters. The third-order valence-electron chi connectivity index (χ3n) is 3.81. The van der Waals surface area contributed by atoms with E-state index in [0.717, 1.165) is 0 Å². The van der Waals surface area contributed by atoms with Gasteiger partial charge in [0, 0.05) is 18.2 Å². The average Bonchev–Trinajstić information content (AvgIpc) is 2.68. The van der Waals surface area contributed by atoms with Crippen molar-refractivity contribution in [1.82, 2.24) is 5.32 Å². The lowest BCUT2D eigenvalue weighted by Gasteiger charge is -2.12. The number of nitrogens with zero attached hydrogens (tertiary/aromatic N) is 1. The summed E-state index contributed by atoms with van der Waals surface area (Å²) in [6.45, 7) is 0.0650. The van der Waals surface area contributed by atoms with Crippen molar-refractivity contribution in [2.75, 3.05) is 0 Å². The highest BCUT2D eigenvalue weighted by Crippen LogP contribution is 2.27. The highest BCUT2D eigenvalue weighted by Gasteiger charge is 2.19. The van der Waals surface area contributed by atoms with E-state index >= 15 is 0 Å². The summed E-state index contributed by atoms with van der Waals surface area (Å²) in [5.74, 6) is -0.639. The molecule has 1 amide bonds. The van der Waals surface area contributed by atoms with Crippen LogP contribution >= 0.6 is 0 Å². The van der Waals surface area contributed by atoms with E-state index < -0.39 is 16.6 Å². The molecule has 136 valence electrons. The summed E-state index contributed by atoms with van der Waals surface area (Å²) in [4.78, 5) is 22.8. The fourth-order valence-electron chi connectivity index (χ4n) is 2.49. The second-order valence-corrected chi connectivity index (χ2v) is 5.60. The van der Waals surface area contributed by atoms with Gasteiger partial charge in [0.05, 0.1) is 4.92 Å². The molecule has 0 fully saturated rings. The summed E-state index contributed by atoms with van der Waals surface area (Å²) in [6.07, 6.45) is 0. The third kappa shape index (κ3) is 4.27. The quantitative estimate of drug-likeness (QED) is 0.516. The van der Waals surface area contributed by atoms with Crippen molar-refractivity contribution >= 4 is 11.6 Å². The van der Waals surface area contributed by atoms with E-state index in [4.69, 9.17) is 4.74 Å². The summed E-state index contributed by atoms with van der Waals surface area (Å²) in [5.41, 5.74) is 0.300. The zero-order chi connectivity index (χ0) is 19.2. The van der Waals surface area contributed by atoms with Crippen LogP contribution in [0.5, 0.6) is 11.5 Å². The minimum absolute atomic E-state index is 0.0324. The molecule has 0 aliphatic carbocycles. The maximum absolute atomic E-state index is 13.8. The summed E-state index contributed by atoms with van der Waals surface area (Å²) >= 11 is 0. The molecule has 3 aromatic carbocycles. The summed E-state index contributed by atoms with van der Waals surface area (Å²) in [6, 6.07) is 18.5. The lowest BCUT2D eigenvalue weighted by molar-refractivity contribution is -0.385. The molecule has 0 saturated heterocycles. The summed E-state index contributed by atoms with van der Waals surface area (Å²) in [7, 11) is 0. The number of para-hydroxylation sites is 3. The van der Waals surface area contributed by atoms with Gasteiger partial charge in [-0.3, -0.25) is 14.9 Å². The van der Waals surface area contributed by atoms with Gasteiger partial charge in [-0.15, -0.1) is 0 Å². The van der Waals surface area contributed by atoms with E-state index in [9.17, 15) is 19.3 Å². The Labute approximate surface area is 154 Å². The molecule has 3 aromatic rings. The Morgan fingerprint density at radius 1 is 0.963 bits per heavy atom. The molecule has 0 spiro atoms.